The fourth-order valence-electron chi connectivity index (χ4n) is 2.80. The molecule has 128 valence electrons. The number of hydrogen-bond acceptors (Lipinski definition) is 3. The third-order valence-electron chi connectivity index (χ3n) is 3.91. The van der Waals surface area contributed by atoms with Gasteiger partial charge in [-0.25, -0.2) is 4.79 Å². The first-order valence-electron chi connectivity index (χ1n) is 8.40. The zero-order valence-electron chi connectivity index (χ0n) is 14.2. The molecule has 0 unspecified atom stereocenters. The number of nitrogens with zero attached hydrogens (tertiary/aromatic N) is 3. The lowest BCUT2D eigenvalue weighted by Gasteiger charge is -2.17. The van der Waals surface area contributed by atoms with Gasteiger partial charge in [0, 0.05) is 25.7 Å². The number of carbonyl (C=O) groups is 1. The normalized spacial score (nSPS) is 17.3. The lowest BCUT2D eigenvalue weighted by atomic mass is 10.2. The summed E-state index contributed by atoms with van der Waals surface area (Å²) in [5.41, 5.74) is 0.730. The van der Waals surface area contributed by atoms with Crippen LogP contribution in [-0.2, 0) is 6.54 Å². The summed E-state index contributed by atoms with van der Waals surface area (Å²) in [4.78, 5) is 14.2. The van der Waals surface area contributed by atoms with Gasteiger partial charge < -0.3 is 15.0 Å². The van der Waals surface area contributed by atoms with Gasteiger partial charge in [-0.1, -0.05) is 32.0 Å². The summed E-state index contributed by atoms with van der Waals surface area (Å²) < 4.78 is 7.77. The molecule has 6 nitrogen and oxygen atoms in total. The molecular formula is C18H24N4O2. The molecule has 3 rings (SSSR count). The van der Waals surface area contributed by atoms with Crippen molar-refractivity contribution in [3.8, 4) is 5.75 Å². The first-order valence-corrected chi connectivity index (χ1v) is 8.40. The zero-order chi connectivity index (χ0) is 16.9. The second kappa shape index (κ2) is 7.38. The second-order valence-corrected chi connectivity index (χ2v) is 6.56. The van der Waals surface area contributed by atoms with Gasteiger partial charge in [0.25, 0.3) is 0 Å². The number of nitrogens with one attached hydrogen (secondary N) is 1. The Labute approximate surface area is 142 Å². The number of benzene rings is 1. The maximum Gasteiger partial charge on any atom is 0.322 e. The molecule has 2 amide bonds. The Morgan fingerprint density at radius 1 is 1.38 bits per heavy atom. The van der Waals surface area contributed by atoms with Gasteiger partial charge in [0.1, 0.15) is 11.9 Å². The summed E-state index contributed by atoms with van der Waals surface area (Å²) in [5, 5.41) is 7.18. The third-order valence-corrected chi connectivity index (χ3v) is 3.91. The predicted molar refractivity (Wildman–Crippen MR) is 93.1 cm³/mol. The molecule has 1 aliphatic heterocycles. The molecular weight excluding hydrogens is 304 g/mol. The van der Waals surface area contributed by atoms with Crippen LogP contribution < -0.4 is 10.1 Å². The van der Waals surface area contributed by atoms with Crippen LogP contribution in [0.3, 0.4) is 0 Å². The Balaban J connectivity index is 1.50. The van der Waals surface area contributed by atoms with E-state index in [0.717, 1.165) is 24.4 Å². The maximum absolute atomic E-state index is 12.4. The van der Waals surface area contributed by atoms with E-state index in [-0.39, 0.29) is 12.1 Å². The third kappa shape index (κ3) is 4.28. The van der Waals surface area contributed by atoms with Crippen LogP contribution in [0.4, 0.5) is 10.5 Å². The summed E-state index contributed by atoms with van der Waals surface area (Å²) in [5.74, 6) is 1.36. The average molecular weight is 328 g/mol. The van der Waals surface area contributed by atoms with Gasteiger partial charge >= 0.3 is 6.03 Å². The highest BCUT2D eigenvalue weighted by molar-refractivity contribution is 5.89. The molecule has 1 aliphatic rings. The van der Waals surface area contributed by atoms with Crippen molar-refractivity contribution in [3.05, 3.63) is 42.7 Å². The first kappa shape index (κ1) is 16.4. The minimum atomic E-state index is -0.0988. The molecule has 0 radical (unpaired) electrons. The summed E-state index contributed by atoms with van der Waals surface area (Å²) in [7, 11) is 0. The fourth-order valence-corrected chi connectivity index (χ4v) is 2.80. The number of hydrogen-bond donors (Lipinski definition) is 1. The lowest BCUT2D eigenvalue weighted by molar-refractivity contribution is 0.195. The number of aromatic nitrogens is 2. The molecule has 2 heterocycles. The quantitative estimate of drug-likeness (QED) is 0.917. The number of amides is 2. The van der Waals surface area contributed by atoms with Gasteiger partial charge in [-0.3, -0.25) is 4.68 Å². The summed E-state index contributed by atoms with van der Waals surface area (Å²) in [6, 6.07) is 9.63. The molecule has 2 aromatic rings. The van der Waals surface area contributed by atoms with Crippen molar-refractivity contribution in [2.45, 2.75) is 32.9 Å². The Morgan fingerprint density at radius 2 is 2.17 bits per heavy atom. The van der Waals surface area contributed by atoms with Crippen LogP contribution >= 0.6 is 0 Å². The summed E-state index contributed by atoms with van der Waals surface area (Å²) >= 11 is 0. The van der Waals surface area contributed by atoms with E-state index in [2.05, 4.69) is 24.3 Å². The van der Waals surface area contributed by atoms with Crippen LogP contribution in [0, 0.1) is 5.92 Å². The number of likely N-dealkylation sites (tertiary alicyclic amines) is 1. The highest BCUT2D eigenvalue weighted by atomic mass is 16.5. The number of urea groups is 1. The van der Waals surface area contributed by atoms with E-state index in [1.807, 2.05) is 41.2 Å². The van der Waals surface area contributed by atoms with E-state index in [0.29, 0.717) is 19.0 Å². The standard InChI is InChI=1S/C18H24N4O2/c1-14(2)11-22-12-15(10-19-22)20-18(23)21-9-8-17(13-21)24-16-6-4-3-5-7-16/h3-7,10,12,14,17H,8-9,11,13H2,1-2H3,(H,20,23)/t17-/m0/s1. The summed E-state index contributed by atoms with van der Waals surface area (Å²) in [6.45, 7) is 6.41. The minimum Gasteiger partial charge on any atom is -0.489 e. The average Bonchev–Trinajstić information content (AvgIpc) is 3.17. The molecule has 1 aromatic carbocycles. The number of anilines is 1. The van der Waals surface area contributed by atoms with E-state index >= 15 is 0 Å². The van der Waals surface area contributed by atoms with Crippen LogP contribution in [0.1, 0.15) is 20.3 Å². The molecule has 6 heteroatoms. The van der Waals surface area contributed by atoms with E-state index < -0.39 is 0 Å². The highest BCUT2D eigenvalue weighted by Crippen LogP contribution is 2.19. The Morgan fingerprint density at radius 3 is 2.92 bits per heavy atom. The van der Waals surface area contributed by atoms with Crippen molar-refractivity contribution >= 4 is 11.7 Å². The molecule has 0 aliphatic carbocycles. The molecule has 1 N–H and O–H groups in total. The molecule has 1 atom stereocenters. The molecule has 0 bridgehead atoms. The number of ether oxygens (including phenoxy) is 1. The van der Waals surface area contributed by atoms with Crippen molar-refractivity contribution in [1.82, 2.24) is 14.7 Å². The largest absolute Gasteiger partial charge is 0.489 e. The van der Waals surface area contributed by atoms with Crippen LogP contribution in [0.2, 0.25) is 0 Å². The van der Waals surface area contributed by atoms with Crippen LogP contribution in [0.25, 0.3) is 0 Å². The van der Waals surface area contributed by atoms with Gasteiger partial charge in [-0.2, -0.15) is 5.10 Å². The number of rotatable bonds is 5. The molecule has 24 heavy (non-hydrogen) atoms. The van der Waals surface area contributed by atoms with Gasteiger partial charge in [0.15, 0.2) is 0 Å². The van der Waals surface area contributed by atoms with Crippen LogP contribution in [0.5, 0.6) is 5.75 Å². The van der Waals surface area contributed by atoms with Gasteiger partial charge in [0.05, 0.1) is 18.4 Å². The van der Waals surface area contributed by atoms with E-state index in [9.17, 15) is 4.79 Å². The monoisotopic (exact) mass is 328 g/mol. The zero-order valence-corrected chi connectivity index (χ0v) is 14.2. The predicted octanol–water partition coefficient (Wildman–Crippen LogP) is 3.22. The Kier molecular flexibility index (Phi) is 5.03. The molecule has 1 saturated heterocycles. The number of carbonyl (C=O) groups excluding carboxylic acids is 1. The molecule has 0 spiro atoms. The molecule has 0 saturated carbocycles. The topological polar surface area (TPSA) is 59.4 Å². The Bertz CT molecular complexity index is 669. The lowest BCUT2D eigenvalue weighted by Crippen LogP contribution is -2.34. The van der Waals surface area contributed by atoms with Crippen molar-refractivity contribution < 1.29 is 9.53 Å². The maximum atomic E-state index is 12.4. The van der Waals surface area contributed by atoms with Crippen molar-refractivity contribution in [3.63, 3.8) is 0 Å². The highest BCUT2D eigenvalue weighted by Gasteiger charge is 2.27. The van der Waals surface area contributed by atoms with Gasteiger partial charge in [0.2, 0.25) is 0 Å². The van der Waals surface area contributed by atoms with Gasteiger partial charge in [-0.15, -0.1) is 0 Å². The molecule has 1 aromatic heterocycles. The van der Waals surface area contributed by atoms with Crippen LogP contribution in [0.15, 0.2) is 42.7 Å². The second-order valence-electron chi connectivity index (χ2n) is 6.56. The van der Waals surface area contributed by atoms with E-state index in [1.54, 1.807) is 11.1 Å². The van der Waals surface area contributed by atoms with Crippen molar-refractivity contribution in [2.75, 3.05) is 18.4 Å². The fraction of sp³-hybridized carbons (Fsp3) is 0.444. The van der Waals surface area contributed by atoms with Gasteiger partial charge in [-0.05, 0) is 18.1 Å². The molecule has 1 fully saturated rings. The van der Waals surface area contributed by atoms with Crippen LogP contribution in [-0.4, -0.2) is 39.9 Å². The first-order chi connectivity index (χ1) is 11.6. The Hall–Kier alpha value is -2.50. The van der Waals surface area contributed by atoms with E-state index in [1.165, 1.54) is 0 Å². The number of para-hydroxylation sites is 1. The SMILES string of the molecule is CC(C)Cn1cc(NC(=O)N2CC[C@H](Oc3ccccc3)C2)cn1. The summed E-state index contributed by atoms with van der Waals surface area (Å²) in [6.07, 6.45) is 4.44. The van der Waals surface area contributed by atoms with Crippen molar-refractivity contribution in [1.29, 1.82) is 0 Å². The van der Waals surface area contributed by atoms with Crippen molar-refractivity contribution in [2.24, 2.45) is 5.92 Å². The van der Waals surface area contributed by atoms with E-state index in [4.69, 9.17) is 4.74 Å². The smallest absolute Gasteiger partial charge is 0.322 e. The minimum absolute atomic E-state index is 0.0433.